The normalized spacial score (nSPS) is 17.4. The van der Waals surface area contributed by atoms with Gasteiger partial charge in [0, 0.05) is 57.2 Å². The zero-order valence-corrected chi connectivity index (χ0v) is 21.2. The van der Waals surface area contributed by atoms with Crippen LogP contribution in [0.15, 0.2) is 73.3 Å². The van der Waals surface area contributed by atoms with Crippen LogP contribution in [0.1, 0.15) is 17.5 Å². The van der Waals surface area contributed by atoms with E-state index in [1.807, 2.05) is 42.7 Å². The van der Waals surface area contributed by atoms with Crippen LogP contribution in [0.2, 0.25) is 0 Å². The van der Waals surface area contributed by atoms with Gasteiger partial charge in [-0.25, -0.2) is 19.9 Å². The van der Waals surface area contributed by atoms with Gasteiger partial charge in [-0.3, -0.25) is 0 Å². The molecule has 10 heteroatoms. The second-order valence-electron chi connectivity index (χ2n) is 9.52. The molecule has 2 aromatic carbocycles. The van der Waals surface area contributed by atoms with Gasteiger partial charge >= 0.3 is 0 Å². The van der Waals surface area contributed by atoms with Crippen molar-refractivity contribution in [2.45, 2.75) is 18.9 Å². The van der Waals surface area contributed by atoms with Crippen molar-refractivity contribution < 1.29 is 4.74 Å². The Morgan fingerprint density at radius 2 is 1.55 bits per heavy atom. The molecule has 0 bridgehead atoms. The summed E-state index contributed by atoms with van der Waals surface area (Å²) in [6, 6.07) is 18.3. The van der Waals surface area contributed by atoms with Crippen molar-refractivity contribution in [1.82, 2.24) is 30.2 Å². The van der Waals surface area contributed by atoms with E-state index in [2.05, 4.69) is 69.6 Å². The third kappa shape index (κ3) is 5.97. The van der Waals surface area contributed by atoms with E-state index in [0.29, 0.717) is 11.9 Å². The Balaban J connectivity index is 1.02. The molecule has 2 aliphatic heterocycles. The van der Waals surface area contributed by atoms with Crippen molar-refractivity contribution in [2.75, 3.05) is 54.4 Å². The number of anilines is 4. The highest BCUT2D eigenvalue weighted by Gasteiger charge is 2.21. The predicted octanol–water partition coefficient (Wildman–Crippen LogP) is 3.06. The number of hydrogen-bond acceptors (Lipinski definition) is 10. The van der Waals surface area contributed by atoms with Crippen LogP contribution in [0, 0.1) is 0 Å². The SMILES string of the molecule is c1ccc(Cc2cnc(N3CCN(c4ncnc(Nc5ccc(O[C@H]6CCNC6)cc5)n4)CC3)nc2)cc1. The number of ether oxygens (including phenoxy) is 1. The third-order valence-corrected chi connectivity index (χ3v) is 6.78. The van der Waals surface area contributed by atoms with Crippen LogP contribution >= 0.6 is 0 Å². The molecule has 1 atom stereocenters. The molecule has 4 aromatic rings. The van der Waals surface area contributed by atoms with E-state index in [1.54, 1.807) is 6.33 Å². The van der Waals surface area contributed by atoms with Gasteiger partial charge in [-0.15, -0.1) is 0 Å². The van der Waals surface area contributed by atoms with Crippen molar-refractivity contribution >= 4 is 23.5 Å². The van der Waals surface area contributed by atoms with E-state index in [-0.39, 0.29) is 6.10 Å². The second kappa shape index (κ2) is 11.4. The smallest absolute Gasteiger partial charge is 0.231 e. The molecule has 2 N–H and O–H groups in total. The topological polar surface area (TPSA) is 104 Å². The molecule has 6 rings (SSSR count). The minimum atomic E-state index is 0.242. The molecule has 2 aromatic heterocycles. The Kier molecular flexibility index (Phi) is 7.21. The first-order valence-electron chi connectivity index (χ1n) is 13.1. The fraction of sp³-hybridized carbons (Fsp3) is 0.321. The number of hydrogen-bond donors (Lipinski definition) is 2. The van der Waals surface area contributed by atoms with Crippen LogP contribution in [0.4, 0.5) is 23.5 Å². The lowest BCUT2D eigenvalue weighted by molar-refractivity contribution is 0.223. The molecule has 2 saturated heterocycles. The fourth-order valence-electron chi connectivity index (χ4n) is 4.71. The molecule has 0 aliphatic carbocycles. The largest absolute Gasteiger partial charge is 0.489 e. The van der Waals surface area contributed by atoms with Gasteiger partial charge in [-0.2, -0.15) is 4.98 Å². The Hall–Kier alpha value is -4.31. The van der Waals surface area contributed by atoms with Gasteiger partial charge in [0.1, 0.15) is 18.2 Å². The zero-order chi connectivity index (χ0) is 25.6. The molecule has 0 saturated carbocycles. The summed E-state index contributed by atoms with van der Waals surface area (Å²) in [6.45, 7) is 5.06. The van der Waals surface area contributed by atoms with E-state index < -0.39 is 0 Å². The Morgan fingerprint density at radius 1 is 0.816 bits per heavy atom. The molecular weight excluding hydrogens is 478 g/mol. The van der Waals surface area contributed by atoms with Crippen LogP contribution in [0.3, 0.4) is 0 Å². The molecule has 0 radical (unpaired) electrons. The first-order valence-corrected chi connectivity index (χ1v) is 13.1. The molecule has 10 nitrogen and oxygen atoms in total. The summed E-state index contributed by atoms with van der Waals surface area (Å²) < 4.78 is 6.00. The maximum atomic E-state index is 6.00. The van der Waals surface area contributed by atoms with Crippen molar-refractivity contribution in [3.8, 4) is 5.75 Å². The molecule has 0 amide bonds. The standard InChI is InChI=1S/C28H31N9O/c1-2-4-21(5-3-1)16-22-17-30-27(31-18-22)36-12-14-37(15-13-36)28-33-20-32-26(35-28)34-23-6-8-24(9-7-23)38-25-10-11-29-19-25/h1-9,17-18,20,25,29H,10-16,19H2,(H,32,33,34,35)/t25-/m0/s1. The van der Waals surface area contributed by atoms with E-state index in [4.69, 9.17) is 4.74 Å². The number of nitrogens with zero attached hydrogens (tertiary/aromatic N) is 7. The van der Waals surface area contributed by atoms with Crippen LogP contribution in [0.5, 0.6) is 5.75 Å². The monoisotopic (exact) mass is 509 g/mol. The lowest BCUT2D eigenvalue weighted by Crippen LogP contribution is -2.47. The Labute approximate surface area is 222 Å². The number of rotatable bonds is 8. The molecule has 2 fully saturated rings. The molecular formula is C28H31N9O. The Morgan fingerprint density at radius 3 is 2.26 bits per heavy atom. The second-order valence-corrected chi connectivity index (χ2v) is 9.52. The number of piperazine rings is 1. The highest BCUT2D eigenvalue weighted by Crippen LogP contribution is 2.21. The zero-order valence-electron chi connectivity index (χ0n) is 21.2. The average molecular weight is 510 g/mol. The van der Waals surface area contributed by atoms with Crippen molar-refractivity contribution in [3.05, 3.63) is 84.4 Å². The summed E-state index contributed by atoms with van der Waals surface area (Å²) in [5.74, 6) is 2.81. The first-order chi connectivity index (χ1) is 18.8. The molecule has 38 heavy (non-hydrogen) atoms. The van der Waals surface area contributed by atoms with Gasteiger partial charge in [0.25, 0.3) is 0 Å². The number of benzene rings is 2. The molecule has 4 heterocycles. The number of nitrogens with one attached hydrogen (secondary N) is 2. The van der Waals surface area contributed by atoms with E-state index in [9.17, 15) is 0 Å². The maximum Gasteiger partial charge on any atom is 0.231 e. The quantitative estimate of drug-likeness (QED) is 0.368. The summed E-state index contributed by atoms with van der Waals surface area (Å²) in [5, 5.41) is 6.59. The summed E-state index contributed by atoms with van der Waals surface area (Å²) in [6.07, 6.45) is 7.52. The summed E-state index contributed by atoms with van der Waals surface area (Å²) in [5.41, 5.74) is 3.26. The van der Waals surface area contributed by atoms with Crippen molar-refractivity contribution in [1.29, 1.82) is 0 Å². The minimum absolute atomic E-state index is 0.242. The molecule has 194 valence electrons. The van der Waals surface area contributed by atoms with Gasteiger partial charge in [-0.05, 0) is 48.4 Å². The Bertz CT molecular complexity index is 1300. The van der Waals surface area contributed by atoms with Crippen molar-refractivity contribution in [3.63, 3.8) is 0 Å². The van der Waals surface area contributed by atoms with Gasteiger partial charge < -0.3 is 25.2 Å². The van der Waals surface area contributed by atoms with E-state index >= 15 is 0 Å². The number of aromatic nitrogens is 5. The van der Waals surface area contributed by atoms with E-state index in [0.717, 1.165) is 75.1 Å². The highest BCUT2D eigenvalue weighted by atomic mass is 16.5. The fourth-order valence-corrected chi connectivity index (χ4v) is 4.71. The minimum Gasteiger partial charge on any atom is -0.489 e. The van der Waals surface area contributed by atoms with Gasteiger partial charge in [0.2, 0.25) is 17.8 Å². The third-order valence-electron chi connectivity index (χ3n) is 6.78. The van der Waals surface area contributed by atoms with Crippen molar-refractivity contribution in [2.24, 2.45) is 0 Å². The maximum absolute atomic E-state index is 6.00. The van der Waals surface area contributed by atoms with Gasteiger partial charge in [-0.1, -0.05) is 30.3 Å². The lowest BCUT2D eigenvalue weighted by atomic mass is 10.1. The predicted molar refractivity (Wildman–Crippen MR) is 147 cm³/mol. The summed E-state index contributed by atoms with van der Waals surface area (Å²) in [7, 11) is 0. The van der Waals surface area contributed by atoms with Crippen LogP contribution in [-0.2, 0) is 6.42 Å². The lowest BCUT2D eigenvalue weighted by Gasteiger charge is -2.34. The first kappa shape index (κ1) is 24.1. The summed E-state index contributed by atoms with van der Waals surface area (Å²) in [4.78, 5) is 27.0. The molecule has 0 unspecified atom stereocenters. The van der Waals surface area contributed by atoms with Gasteiger partial charge in [0.15, 0.2) is 0 Å². The molecule has 0 spiro atoms. The molecule has 2 aliphatic rings. The van der Waals surface area contributed by atoms with Crippen LogP contribution < -0.4 is 25.2 Å². The summed E-state index contributed by atoms with van der Waals surface area (Å²) >= 11 is 0. The van der Waals surface area contributed by atoms with Crippen LogP contribution in [-0.4, -0.2) is 70.3 Å². The van der Waals surface area contributed by atoms with Crippen LogP contribution in [0.25, 0.3) is 0 Å². The van der Waals surface area contributed by atoms with Gasteiger partial charge in [0.05, 0.1) is 0 Å². The van der Waals surface area contributed by atoms with E-state index in [1.165, 1.54) is 5.56 Å². The average Bonchev–Trinajstić information content (AvgIpc) is 3.49. The highest BCUT2D eigenvalue weighted by molar-refractivity contribution is 5.55.